The van der Waals surface area contributed by atoms with E-state index in [-0.39, 0.29) is 11.1 Å². The number of nitrogen functional groups attached to an aromatic ring is 2. The molecule has 0 aliphatic rings. The van der Waals surface area contributed by atoms with E-state index in [1.54, 1.807) is 0 Å². The van der Waals surface area contributed by atoms with Crippen LogP contribution in [0, 0.1) is 0 Å². The maximum Gasteiger partial charge on any atom is 0.335 e. The summed E-state index contributed by atoms with van der Waals surface area (Å²) in [5.41, 5.74) is 14.7. The number of rotatable bonds is 10. The second-order valence-electron chi connectivity index (χ2n) is 7.00. The van der Waals surface area contributed by atoms with E-state index in [0.29, 0.717) is 46.8 Å². The Labute approximate surface area is 195 Å². The Balaban J connectivity index is 1.85. The molecule has 6 N–H and O–H groups in total. The monoisotopic (exact) mass is 468 g/mol. The number of hydrogen-bond donors (Lipinski definition) is 4. The lowest BCUT2D eigenvalue weighted by Crippen LogP contribution is -2.13. The van der Waals surface area contributed by atoms with E-state index < -0.39 is 11.9 Å². The molecule has 32 heavy (non-hydrogen) atoms. The van der Waals surface area contributed by atoms with Gasteiger partial charge in [-0.05, 0) is 60.4 Å². The molecule has 0 saturated heterocycles. The third-order valence-corrected chi connectivity index (χ3v) is 7.13. The molecule has 0 amide bonds. The summed E-state index contributed by atoms with van der Waals surface area (Å²) in [5, 5.41) is 19.4. The van der Waals surface area contributed by atoms with E-state index >= 15 is 0 Å². The minimum Gasteiger partial charge on any atom is -0.478 e. The summed E-state index contributed by atoms with van der Waals surface area (Å²) in [5.74, 6) is -0.989. The number of carboxylic acid groups (broad SMARTS) is 2. The van der Waals surface area contributed by atoms with Crippen LogP contribution in [0.15, 0.2) is 70.5 Å². The highest BCUT2D eigenvalue weighted by atomic mass is 32.2. The van der Waals surface area contributed by atoms with Crippen LogP contribution in [0.3, 0.4) is 0 Å². The van der Waals surface area contributed by atoms with Gasteiger partial charge in [0.05, 0.1) is 11.1 Å². The first-order chi connectivity index (χ1) is 15.4. The van der Waals surface area contributed by atoms with Crippen LogP contribution in [0.4, 0.5) is 11.4 Å². The number of para-hydroxylation sites is 2. The molecule has 0 heterocycles. The standard InChI is InChI=1S/C24H24N2O4S2/c25-19-5-1-3-7-21(19)31-13-11-15-16(12-14-32-22-8-4-2-6-20(22)26)18(24(29)30)10-9-17(15)23(27)28/h1-10H,11-14,25-26H2,(H,27,28)(H,29,30). The average Bonchev–Trinajstić information content (AvgIpc) is 2.76. The van der Waals surface area contributed by atoms with Crippen molar-refractivity contribution in [2.45, 2.75) is 22.6 Å². The molecule has 0 fully saturated rings. The van der Waals surface area contributed by atoms with Crippen molar-refractivity contribution in [3.63, 3.8) is 0 Å². The number of hydrogen-bond acceptors (Lipinski definition) is 6. The Bertz CT molecular complexity index is 1050. The molecule has 0 spiro atoms. The third kappa shape index (κ3) is 5.77. The van der Waals surface area contributed by atoms with Gasteiger partial charge in [-0.1, -0.05) is 24.3 Å². The smallest absolute Gasteiger partial charge is 0.335 e. The fraction of sp³-hybridized carbons (Fsp3) is 0.167. The van der Waals surface area contributed by atoms with E-state index in [4.69, 9.17) is 11.5 Å². The largest absolute Gasteiger partial charge is 0.478 e. The van der Waals surface area contributed by atoms with Gasteiger partial charge in [-0.3, -0.25) is 0 Å². The van der Waals surface area contributed by atoms with Crippen molar-refractivity contribution in [3.8, 4) is 0 Å². The Hall–Kier alpha value is -3.10. The lowest BCUT2D eigenvalue weighted by atomic mass is 9.92. The number of carbonyl (C=O) groups is 2. The van der Waals surface area contributed by atoms with Crippen molar-refractivity contribution in [2.24, 2.45) is 0 Å². The van der Waals surface area contributed by atoms with Crippen LogP contribution in [0.25, 0.3) is 0 Å². The number of carboxylic acids is 2. The van der Waals surface area contributed by atoms with Crippen LogP contribution in [0.1, 0.15) is 31.8 Å². The SMILES string of the molecule is Nc1ccccc1SCCc1c(C(=O)O)ccc(C(=O)O)c1CCSc1ccccc1N. The van der Waals surface area contributed by atoms with E-state index in [2.05, 4.69) is 0 Å². The second-order valence-corrected chi connectivity index (χ2v) is 9.27. The lowest BCUT2D eigenvalue weighted by molar-refractivity contribution is 0.0679. The Kier molecular flexibility index (Phi) is 8.08. The predicted octanol–water partition coefficient (Wildman–Crippen LogP) is 4.92. The van der Waals surface area contributed by atoms with Gasteiger partial charge in [0, 0.05) is 32.7 Å². The zero-order valence-electron chi connectivity index (χ0n) is 17.3. The topological polar surface area (TPSA) is 127 Å². The van der Waals surface area contributed by atoms with Gasteiger partial charge in [-0.2, -0.15) is 0 Å². The first kappa shape index (κ1) is 23.6. The fourth-order valence-corrected chi connectivity index (χ4v) is 5.29. The number of anilines is 2. The first-order valence-electron chi connectivity index (χ1n) is 9.94. The van der Waals surface area contributed by atoms with Gasteiger partial charge < -0.3 is 21.7 Å². The molecule has 3 rings (SSSR count). The molecule has 3 aromatic carbocycles. The van der Waals surface area contributed by atoms with Gasteiger partial charge >= 0.3 is 11.9 Å². The van der Waals surface area contributed by atoms with Gasteiger partial charge in [0.25, 0.3) is 0 Å². The van der Waals surface area contributed by atoms with E-state index in [0.717, 1.165) is 9.79 Å². The second kappa shape index (κ2) is 11.0. The summed E-state index contributed by atoms with van der Waals surface area (Å²) >= 11 is 3.04. The molecule has 166 valence electrons. The highest BCUT2D eigenvalue weighted by Crippen LogP contribution is 2.30. The molecule has 8 heteroatoms. The fourth-order valence-electron chi connectivity index (χ4n) is 3.41. The van der Waals surface area contributed by atoms with Crippen LogP contribution in [0.5, 0.6) is 0 Å². The van der Waals surface area contributed by atoms with Crippen LogP contribution >= 0.6 is 23.5 Å². The predicted molar refractivity (Wildman–Crippen MR) is 131 cm³/mol. The van der Waals surface area contributed by atoms with Crippen LogP contribution in [0.2, 0.25) is 0 Å². The molecule has 0 bridgehead atoms. The normalized spacial score (nSPS) is 10.8. The number of nitrogens with two attached hydrogens (primary N) is 2. The molecular weight excluding hydrogens is 444 g/mol. The zero-order chi connectivity index (χ0) is 23.1. The lowest BCUT2D eigenvalue weighted by Gasteiger charge is -2.16. The molecule has 0 aliphatic carbocycles. The van der Waals surface area contributed by atoms with Crippen molar-refractivity contribution in [1.82, 2.24) is 0 Å². The van der Waals surface area contributed by atoms with Crippen LogP contribution in [-0.4, -0.2) is 33.7 Å². The van der Waals surface area contributed by atoms with Gasteiger partial charge in [-0.15, -0.1) is 23.5 Å². The minimum absolute atomic E-state index is 0.135. The molecule has 0 atom stereocenters. The van der Waals surface area contributed by atoms with Gasteiger partial charge in [-0.25, -0.2) is 9.59 Å². The molecule has 3 aromatic rings. The quantitative estimate of drug-likeness (QED) is 0.244. The van der Waals surface area contributed by atoms with Crippen molar-refractivity contribution < 1.29 is 19.8 Å². The van der Waals surface area contributed by atoms with Crippen LogP contribution in [-0.2, 0) is 12.8 Å². The summed E-state index contributed by atoms with van der Waals surface area (Å²) in [7, 11) is 0. The molecule has 0 aliphatic heterocycles. The van der Waals surface area contributed by atoms with Crippen molar-refractivity contribution in [1.29, 1.82) is 0 Å². The van der Waals surface area contributed by atoms with Gasteiger partial charge in [0.15, 0.2) is 0 Å². The molecule has 0 radical (unpaired) electrons. The minimum atomic E-state index is -1.07. The van der Waals surface area contributed by atoms with Crippen molar-refractivity contribution in [2.75, 3.05) is 23.0 Å². The Morgan fingerprint density at radius 1 is 0.656 bits per heavy atom. The summed E-state index contributed by atoms with van der Waals surface area (Å²) in [6, 6.07) is 17.7. The zero-order valence-corrected chi connectivity index (χ0v) is 18.9. The van der Waals surface area contributed by atoms with Crippen molar-refractivity contribution >= 4 is 46.8 Å². The summed E-state index contributed by atoms with van der Waals surface area (Å²) in [6.07, 6.45) is 0.824. The van der Waals surface area contributed by atoms with Crippen molar-refractivity contribution in [3.05, 3.63) is 82.9 Å². The summed E-state index contributed by atoms with van der Waals surface area (Å²) in [6.45, 7) is 0. The van der Waals surface area contributed by atoms with Gasteiger partial charge in [0.1, 0.15) is 0 Å². The van der Waals surface area contributed by atoms with E-state index in [1.165, 1.54) is 35.7 Å². The summed E-state index contributed by atoms with van der Waals surface area (Å²) in [4.78, 5) is 25.6. The molecule has 0 unspecified atom stereocenters. The maximum atomic E-state index is 11.9. The molecule has 0 aromatic heterocycles. The number of aromatic carboxylic acids is 2. The number of benzene rings is 3. The summed E-state index contributed by atoms with van der Waals surface area (Å²) < 4.78 is 0. The van der Waals surface area contributed by atoms with E-state index in [9.17, 15) is 19.8 Å². The van der Waals surface area contributed by atoms with Crippen LogP contribution < -0.4 is 11.5 Å². The molecular formula is C24H24N2O4S2. The maximum absolute atomic E-state index is 11.9. The average molecular weight is 469 g/mol. The van der Waals surface area contributed by atoms with Gasteiger partial charge in [0.2, 0.25) is 0 Å². The first-order valence-corrected chi connectivity index (χ1v) is 11.9. The molecule has 0 saturated carbocycles. The third-order valence-electron chi connectivity index (χ3n) is 4.95. The highest BCUT2D eigenvalue weighted by Gasteiger charge is 2.21. The molecule has 6 nitrogen and oxygen atoms in total. The number of thioether (sulfide) groups is 2. The Morgan fingerprint density at radius 2 is 1.03 bits per heavy atom. The van der Waals surface area contributed by atoms with E-state index in [1.807, 2.05) is 48.5 Å². The Morgan fingerprint density at radius 3 is 1.38 bits per heavy atom. The highest BCUT2D eigenvalue weighted by molar-refractivity contribution is 7.99.